The van der Waals surface area contributed by atoms with Crippen LogP contribution in [0.4, 0.5) is 5.69 Å². The van der Waals surface area contributed by atoms with Crippen molar-refractivity contribution >= 4 is 11.4 Å². The standard InChI is InChI=1S/C22H21N3O/c1-25(2)16-10-7-15(8-11-16)20-18-12-9-14-5-3-4-6-17(14)21(18)26-22(24)19(20)13-23/h3-8,10-11,20H,9,12,24H2,1-2H3. The van der Waals surface area contributed by atoms with Crippen LogP contribution in [0, 0.1) is 11.3 Å². The first-order valence-corrected chi connectivity index (χ1v) is 8.76. The smallest absolute Gasteiger partial charge is 0.205 e. The largest absolute Gasteiger partial charge is 0.440 e. The van der Waals surface area contributed by atoms with Crippen molar-refractivity contribution in [2.45, 2.75) is 18.8 Å². The summed E-state index contributed by atoms with van der Waals surface area (Å²) in [4.78, 5) is 2.06. The van der Waals surface area contributed by atoms with E-state index in [1.54, 1.807) is 0 Å². The molecule has 0 saturated carbocycles. The van der Waals surface area contributed by atoms with Crippen molar-refractivity contribution in [1.29, 1.82) is 5.26 Å². The quantitative estimate of drug-likeness (QED) is 0.898. The first kappa shape index (κ1) is 16.3. The molecule has 2 aromatic carbocycles. The second-order valence-corrected chi connectivity index (χ2v) is 6.92. The molecule has 2 aromatic rings. The summed E-state index contributed by atoms with van der Waals surface area (Å²) in [6.45, 7) is 0. The van der Waals surface area contributed by atoms with E-state index in [0.717, 1.165) is 41.0 Å². The van der Waals surface area contributed by atoms with Crippen molar-refractivity contribution in [1.82, 2.24) is 0 Å². The summed E-state index contributed by atoms with van der Waals surface area (Å²) >= 11 is 0. The molecule has 0 radical (unpaired) electrons. The van der Waals surface area contributed by atoms with Crippen LogP contribution in [0.2, 0.25) is 0 Å². The predicted octanol–water partition coefficient (Wildman–Crippen LogP) is 3.92. The Morgan fingerprint density at radius 2 is 1.81 bits per heavy atom. The number of nitrogens with zero attached hydrogens (tertiary/aromatic N) is 2. The van der Waals surface area contributed by atoms with E-state index in [0.29, 0.717) is 5.57 Å². The van der Waals surface area contributed by atoms with Gasteiger partial charge in [-0.15, -0.1) is 0 Å². The van der Waals surface area contributed by atoms with E-state index in [1.807, 2.05) is 26.2 Å². The normalized spacial score (nSPS) is 18.6. The molecule has 1 unspecified atom stereocenters. The first-order valence-electron chi connectivity index (χ1n) is 8.76. The van der Waals surface area contributed by atoms with Crippen LogP contribution in [-0.4, -0.2) is 14.1 Å². The molecule has 1 aliphatic carbocycles. The van der Waals surface area contributed by atoms with Crippen molar-refractivity contribution in [3.05, 3.63) is 82.3 Å². The average molecular weight is 343 g/mol. The molecule has 4 rings (SSSR count). The molecule has 1 atom stereocenters. The lowest BCUT2D eigenvalue weighted by Crippen LogP contribution is -2.23. The van der Waals surface area contributed by atoms with E-state index in [1.165, 1.54) is 5.56 Å². The van der Waals surface area contributed by atoms with E-state index in [4.69, 9.17) is 10.5 Å². The van der Waals surface area contributed by atoms with Gasteiger partial charge < -0.3 is 15.4 Å². The summed E-state index contributed by atoms with van der Waals surface area (Å²) in [7, 11) is 4.03. The highest BCUT2D eigenvalue weighted by atomic mass is 16.5. The van der Waals surface area contributed by atoms with Gasteiger partial charge in [0.15, 0.2) is 0 Å². The van der Waals surface area contributed by atoms with Crippen molar-refractivity contribution in [3.63, 3.8) is 0 Å². The second kappa shape index (κ2) is 6.27. The van der Waals surface area contributed by atoms with E-state index < -0.39 is 0 Å². The number of rotatable bonds is 2. The van der Waals surface area contributed by atoms with E-state index >= 15 is 0 Å². The zero-order valence-electron chi connectivity index (χ0n) is 15.0. The minimum absolute atomic E-state index is 0.145. The SMILES string of the molecule is CN(C)c1ccc(C2C(C#N)=C(N)OC3=C2CCc2ccccc23)cc1. The van der Waals surface area contributed by atoms with E-state index in [9.17, 15) is 5.26 Å². The Bertz CT molecular complexity index is 962. The zero-order valence-corrected chi connectivity index (χ0v) is 15.0. The molecule has 0 amide bonds. The molecule has 2 N–H and O–H groups in total. The maximum absolute atomic E-state index is 9.72. The van der Waals surface area contributed by atoms with Crippen molar-refractivity contribution in [3.8, 4) is 6.07 Å². The molecule has 130 valence electrons. The maximum atomic E-state index is 9.72. The van der Waals surface area contributed by atoms with Gasteiger partial charge in [0.1, 0.15) is 17.4 Å². The van der Waals surface area contributed by atoms with Crippen LogP contribution < -0.4 is 10.6 Å². The van der Waals surface area contributed by atoms with Gasteiger partial charge >= 0.3 is 0 Å². The van der Waals surface area contributed by atoms with E-state index in [2.05, 4.69) is 47.4 Å². The van der Waals surface area contributed by atoms with Crippen LogP contribution in [0.5, 0.6) is 0 Å². The van der Waals surface area contributed by atoms with Crippen molar-refractivity contribution < 1.29 is 4.74 Å². The van der Waals surface area contributed by atoms with Crippen LogP contribution in [0.3, 0.4) is 0 Å². The number of aryl methyl sites for hydroxylation is 1. The van der Waals surface area contributed by atoms with Crippen molar-refractivity contribution in [2.75, 3.05) is 19.0 Å². The van der Waals surface area contributed by atoms with E-state index in [-0.39, 0.29) is 11.8 Å². The number of fused-ring (bicyclic) bond motifs is 2. The molecule has 0 aromatic heterocycles. The first-order chi connectivity index (χ1) is 12.6. The third-order valence-electron chi connectivity index (χ3n) is 5.20. The van der Waals surface area contributed by atoms with Gasteiger partial charge in [0, 0.05) is 31.3 Å². The molecular weight excluding hydrogens is 322 g/mol. The number of ether oxygens (including phenoxy) is 1. The zero-order chi connectivity index (χ0) is 18.3. The molecule has 26 heavy (non-hydrogen) atoms. The number of nitriles is 1. The maximum Gasteiger partial charge on any atom is 0.205 e. The molecule has 1 aliphatic heterocycles. The molecule has 0 spiro atoms. The highest BCUT2D eigenvalue weighted by Gasteiger charge is 2.35. The summed E-state index contributed by atoms with van der Waals surface area (Å²) in [5.74, 6) is 0.892. The van der Waals surface area contributed by atoms with Gasteiger partial charge in [0.25, 0.3) is 0 Å². The van der Waals surface area contributed by atoms with Gasteiger partial charge in [-0.2, -0.15) is 5.26 Å². The summed E-state index contributed by atoms with van der Waals surface area (Å²) in [5, 5.41) is 9.72. The number of nitrogens with two attached hydrogens (primary N) is 1. The fourth-order valence-electron chi connectivity index (χ4n) is 3.85. The monoisotopic (exact) mass is 343 g/mol. The Labute approximate surface area is 153 Å². The van der Waals surface area contributed by atoms with Crippen LogP contribution in [-0.2, 0) is 11.2 Å². The molecule has 4 nitrogen and oxygen atoms in total. The predicted molar refractivity (Wildman–Crippen MR) is 103 cm³/mol. The summed E-state index contributed by atoms with van der Waals surface area (Å²) in [5.41, 5.74) is 12.3. The number of hydrogen-bond acceptors (Lipinski definition) is 4. The minimum atomic E-state index is -0.145. The molecule has 2 aliphatic rings. The highest BCUT2D eigenvalue weighted by molar-refractivity contribution is 5.74. The number of benzene rings is 2. The lowest BCUT2D eigenvalue weighted by atomic mass is 9.76. The fourth-order valence-corrected chi connectivity index (χ4v) is 3.85. The Hall–Kier alpha value is -3.19. The van der Waals surface area contributed by atoms with Crippen LogP contribution in [0.15, 0.2) is 65.6 Å². The Morgan fingerprint density at radius 3 is 2.50 bits per heavy atom. The van der Waals surface area contributed by atoms with Crippen molar-refractivity contribution in [2.24, 2.45) is 5.73 Å². The lowest BCUT2D eigenvalue weighted by Gasteiger charge is -2.33. The highest BCUT2D eigenvalue weighted by Crippen LogP contribution is 2.47. The molecule has 0 bridgehead atoms. The number of allylic oxidation sites excluding steroid dienone is 2. The summed E-state index contributed by atoms with van der Waals surface area (Å²) in [6, 6.07) is 18.9. The van der Waals surface area contributed by atoms with Gasteiger partial charge in [-0.05, 0) is 41.7 Å². The summed E-state index contributed by atoms with van der Waals surface area (Å²) in [6.07, 6.45) is 1.81. The topological polar surface area (TPSA) is 62.3 Å². The van der Waals surface area contributed by atoms with Gasteiger partial charge in [-0.3, -0.25) is 0 Å². The Morgan fingerprint density at radius 1 is 1.08 bits per heavy atom. The van der Waals surface area contributed by atoms with Crippen LogP contribution in [0.25, 0.3) is 5.76 Å². The molecular formula is C22H21N3O. The second-order valence-electron chi connectivity index (χ2n) is 6.92. The number of anilines is 1. The Balaban J connectivity index is 1.86. The van der Waals surface area contributed by atoms with Gasteiger partial charge in [-0.25, -0.2) is 0 Å². The molecule has 4 heteroatoms. The van der Waals surface area contributed by atoms with Crippen LogP contribution in [0.1, 0.15) is 29.0 Å². The molecule has 1 heterocycles. The molecule has 0 fully saturated rings. The Kier molecular flexibility index (Phi) is 3.93. The molecule has 0 saturated heterocycles. The summed E-state index contributed by atoms with van der Waals surface area (Å²) < 4.78 is 5.94. The lowest BCUT2D eigenvalue weighted by molar-refractivity contribution is 0.350. The van der Waals surface area contributed by atoms with Gasteiger partial charge in [0.05, 0.1) is 0 Å². The van der Waals surface area contributed by atoms with Gasteiger partial charge in [-0.1, -0.05) is 36.4 Å². The number of hydrogen-bond donors (Lipinski definition) is 1. The van der Waals surface area contributed by atoms with Crippen LogP contribution >= 0.6 is 0 Å². The third kappa shape index (κ3) is 2.53. The van der Waals surface area contributed by atoms with Gasteiger partial charge in [0.2, 0.25) is 5.88 Å². The third-order valence-corrected chi connectivity index (χ3v) is 5.20. The minimum Gasteiger partial charge on any atom is -0.440 e. The fraction of sp³-hybridized carbons (Fsp3) is 0.227. The average Bonchev–Trinajstić information content (AvgIpc) is 2.67.